The zero-order chi connectivity index (χ0) is 22.7. The minimum Gasteiger partial charge on any atom is -0.379 e. The normalized spacial score (nSPS) is 15.0. The number of hydrogen-bond acceptors (Lipinski definition) is 6. The number of aromatic amines is 1. The lowest BCUT2D eigenvalue weighted by atomic mass is 10.2. The van der Waals surface area contributed by atoms with E-state index in [1.54, 1.807) is 43.3 Å². The molecule has 1 aliphatic heterocycles. The Morgan fingerprint density at radius 2 is 1.81 bits per heavy atom. The zero-order valence-electron chi connectivity index (χ0n) is 17.7. The van der Waals surface area contributed by atoms with Gasteiger partial charge in [0.25, 0.3) is 11.5 Å². The molecule has 0 bridgehead atoms. The molecule has 1 fully saturated rings. The second-order valence-corrected chi connectivity index (χ2v) is 9.27. The van der Waals surface area contributed by atoms with E-state index in [4.69, 9.17) is 4.74 Å². The van der Waals surface area contributed by atoms with E-state index >= 15 is 0 Å². The van der Waals surface area contributed by atoms with Gasteiger partial charge in [-0.15, -0.1) is 0 Å². The fourth-order valence-electron chi connectivity index (χ4n) is 3.68. The second-order valence-electron chi connectivity index (χ2n) is 7.36. The van der Waals surface area contributed by atoms with Gasteiger partial charge in [-0.05, 0) is 31.2 Å². The molecule has 0 radical (unpaired) electrons. The summed E-state index contributed by atoms with van der Waals surface area (Å²) in [6, 6.07) is 13.1. The van der Waals surface area contributed by atoms with Crippen molar-refractivity contribution in [3.05, 3.63) is 70.3 Å². The first-order valence-electron chi connectivity index (χ1n) is 10.4. The van der Waals surface area contributed by atoms with Crippen LogP contribution in [0.1, 0.15) is 23.1 Å². The van der Waals surface area contributed by atoms with Crippen LogP contribution in [0.3, 0.4) is 0 Å². The Labute approximate surface area is 185 Å². The fourth-order valence-corrected chi connectivity index (χ4v) is 5.27. The number of aromatic nitrogens is 2. The van der Waals surface area contributed by atoms with Crippen molar-refractivity contribution in [1.29, 1.82) is 0 Å². The van der Waals surface area contributed by atoms with Gasteiger partial charge in [-0.1, -0.05) is 24.3 Å². The standard InChI is InChI=1S/C22H24N4O5S/c1-2-25(15-20-23-18-9-5-3-7-16(18)21(27)24-20)22(28)17-8-4-6-10-19(17)32(29,30)26-11-13-31-14-12-26/h3-10H,2,11-15H2,1H3,(H,23,24,27). The van der Waals surface area contributed by atoms with Crippen LogP contribution in [0.5, 0.6) is 0 Å². The average molecular weight is 457 g/mol. The van der Waals surface area contributed by atoms with Gasteiger partial charge in [0.05, 0.1) is 41.1 Å². The number of hydrogen-bond donors (Lipinski definition) is 1. The molecule has 1 N–H and O–H groups in total. The summed E-state index contributed by atoms with van der Waals surface area (Å²) in [7, 11) is -3.86. The number of rotatable bonds is 6. The molecule has 0 atom stereocenters. The summed E-state index contributed by atoms with van der Waals surface area (Å²) < 4.78 is 33.0. The minimum atomic E-state index is -3.86. The highest BCUT2D eigenvalue weighted by molar-refractivity contribution is 7.89. The number of nitrogens with zero attached hydrogens (tertiary/aromatic N) is 3. The molecule has 1 saturated heterocycles. The molecule has 0 saturated carbocycles. The number of ether oxygens (including phenoxy) is 1. The summed E-state index contributed by atoms with van der Waals surface area (Å²) in [6.45, 7) is 3.25. The van der Waals surface area contributed by atoms with Gasteiger partial charge in [0.15, 0.2) is 0 Å². The van der Waals surface area contributed by atoms with Crippen LogP contribution in [-0.2, 0) is 21.3 Å². The largest absolute Gasteiger partial charge is 0.379 e. The van der Waals surface area contributed by atoms with Crippen LogP contribution in [0.2, 0.25) is 0 Å². The monoisotopic (exact) mass is 456 g/mol. The molecule has 32 heavy (non-hydrogen) atoms. The highest BCUT2D eigenvalue weighted by Gasteiger charge is 2.31. The Bertz CT molecular complexity index is 1300. The van der Waals surface area contributed by atoms with Crippen molar-refractivity contribution >= 4 is 26.8 Å². The highest BCUT2D eigenvalue weighted by atomic mass is 32.2. The van der Waals surface area contributed by atoms with Gasteiger partial charge >= 0.3 is 0 Å². The molecule has 4 rings (SSSR count). The zero-order valence-corrected chi connectivity index (χ0v) is 18.5. The third kappa shape index (κ3) is 4.29. The Hall–Kier alpha value is -3.08. The van der Waals surface area contributed by atoms with E-state index in [1.165, 1.54) is 21.3 Å². The summed E-state index contributed by atoms with van der Waals surface area (Å²) >= 11 is 0. The maximum atomic E-state index is 13.4. The van der Waals surface area contributed by atoms with Crippen molar-refractivity contribution in [2.45, 2.75) is 18.4 Å². The number of fused-ring (bicyclic) bond motifs is 1. The van der Waals surface area contributed by atoms with E-state index in [1.807, 2.05) is 0 Å². The number of carbonyl (C=O) groups excluding carboxylic acids is 1. The Balaban J connectivity index is 1.66. The first kappa shape index (κ1) is 22.1. The third-order valence-corrected chi connectivity index (χ3v) is 7.33. The topological polar surface area (TPSA) is 113 Å². The van der Waals surface area contributed by atoms with Gasteiger partial charge in [0, 0.05) is 19.6 Å². The van der Waals surface area contributed by atoms with Crippen molar-refractivity contribution < 1.29 is 17.9 Å². The number of H-pyrrole nitrogens is 1. The SMILES string of the molecule is CCN(Cc1nc2ccccc2c(=O)[nH]1)C(=O)c1ccccc1S(=O)(=O)N1CCOCC1. The molecular weight excluding hydrogens is 432 g/mol. The van der Waals surface area contributed by atoms with Crippen molar-refractivity contribution in [2.75, 3.05) is 32.8 Å². The molecule has 1 aromatic heterocycles. The van der Waals surface area contributed by atoms with Gasteiger partial charge in [0.2, 0.25) is 10.0 Å². The van der Waals surface area contributed by atoms with Crippen LogP contribution < -0.4 is 5.56 Å². The number of nitrogens with one attached hydrogen (secondary N) is 1. The van der Waals surface area contributed by atoms with Gasteiger partial charge < -0.3 is 14.6 Å². The van der Waals surface area contributed by atoms with Gasteiger partial charge in [0.1, 0.15) is 5.82 Å². The van der Waals surface area contributed by atoms with Crippen molar-refractivity contribution in [3.63, 3.8) is 0 Å². The summed E-state index contributed by atoms with van der Waals surface area (Å²) in [5, 5.41) is 0.465. The second kappa shape index (κ2) is 9.19. The van der Waals surface area contributed by atoms with Crippen molar-refractivity contribution in [2.24, 2.45) is 0 Å². The summed E-state index contributed by atoms with van der Waals surface area (Å²) in [6.07, 6.45) is 0. The lowest BCUT2D eigenvalue weighted by Gasteiger charge is -2.27. The quantitative estimate of drug-likeness (QED) is 0.603. The van der Waals surface area contributed by atoms with Gasteiger partial charge in [-0.2, -0.15) is 4.31 Å². The Morgan fingerprint density at radius 1 is 1.12 bits per heavy atom. The predicted octanol–water partition coefficient (Wildman–Crippen LogP) is 1.61. The molecule has 1 amide bonds. The molecule has 2 aromatic carbocycles. The van der Waals surface area contributed by atoms with E-state index in [-0.39, 0.29) is 35.7 Å². The number of sulfonamides is 1. The van der Waals surface area contributed by atoms with E-state index in [9.17, 15) is 18.0 Å². The lowest BCUT2D eigenvalue weighted by molar-refractivity contribution is 0.0723. The molecule has 2 heterocycles. The highest BCUT2D eigenvalue weighted by Crippen LogP contribution is 2.23. The number of amides is 1. The van der Waals surface area contributed by atoms with Crippen LogP contribution in [-0.4, -0.2) is 66.3 Å². The van der Waals surface area contributed by atoms with E-state index in [0.29, 0.717) is 36.5 Å². The number of benzene rings is 2. The van der Waals surface area contributed by atoms with E-state index in [0.717, 1.165) is 0 Å². The fraction of sp³-hybridized carbons (Fsp3) is 0.318. The summed E-state index contributed by atoms with van der Waals surface area (Å²) in [5.74, 6) is -0.117. The molecule has 0 spiro atoms. The molecule has 0 unspecified atom stereocenters. The minimum absolute atomic E-state index is 0.0367. The van der Waals surface area contributed by atoms with Crippen LogP contribution in [0.25, 0.3) is 10.9 Å². The molecule has 1 aliphatic rings. The molecule has 0 aliphatic carbocycles. The smallest absolute Gasteiger partial charge is 0.258 e. The van der Waals surface area contributed by atoms with Crippen molar-refractivity contribution in [3.8, 4) is 0 Å². The number of morpholine rings is 1. The average Bonchev–Trinajstić information content (AvgIpc) is 2.82. The molecule has 168 valence electrons. The predicted molar refractivity (Wildman–Crippen MR) is 119 cm³/mol. The number of carbonyl (C=O) groups is 1. The molecular formula is C22H24N4O5S. The summed E-state index contributed by atoms with van der Waals surface area (Å²) in [4.78, 5) is 34.3. The third-order valence-electron chi connectivity index (χ3n) is 5.38. The van der Waals surface area contributed by atoms with Crippen LogP contribution in [0.15, 0.2) is 58.2 Å². The maximum Gasteiger partial charge on any atom is 0.258 e. The van der Waals surface area contributed by atoms with E-state index in [2.05, 4.69) is 9.97 Å². The van der Waals surface area contributed by atoms with Crippen LogP contribution in [0, 0.1) is 0 Å². The molecule has 10 heteroatoms. The van der Waals surface area contributed by atoms with Crippen molar-refractivity contribution in [1.82, 2.24) is 19.2 Å². The maximum absolute atomic E-state index is 13.4. The van der Waals surface area contributed by atoms with Gasteiger partial charge in [-0.3, -0.25) is 9.59 Å². The molecule has 9 nitrogen and oxygen atoms in total. The Morgan fingerprint density at radius 3 is 2.56 bits per heavy atom. The summed E-state index contributed by atoms with van der Waals surface area (Å²) in [5.41, 5.74) is 0.332. The number of para-hydroxylation sites is 1. The lowest BCUT2D eigenvalue weighted by Crippen LogP contribution is -2.41. The van der Waals surface area contributed by atoms with Crippen LogP contribution >= 0.6 is 0 Å². The van der Waals surface area contributed by atoms with Gasteiger partial charge in [-0.25, -0.2) is 13.4 Å². The first-order valence-corrected chi connectivity index (χ1v) is 11.8. The van der Waals surface area contributed by atoms with E-state index < -0.39 is 15.9 Å². The first-order chi connectivity index (χ1) is 15.4. The molecule has 3 aromatic rings. The van der Waals surface area contributed by atoms with Crippen LogP contribution in [0.4, 0.5) is 0 Å². The Kier molecular flexibility index (Phi) is 6.35.